The van der Waals surface area contributed by atoms with Crippen LogP contribution in [-0.4, -0.2) is 31.9 Å². The van der Waals surface area contributed by atoms with E-state index in [9.17, 15) is 9.90 Å². The number of esters is 1. The highest BCUT2D eigenvalue weighted by Crippen LogP contribution is 2.39. The smallest absolute Gasteiger partial charge is 0.338 e. The number of phenols is 1. The van der Waals surface area contributed by atoms with Crippen LogP contribution in [0.1, 0.15) is 28.4 Å². The van der Waals surface area contributed by atoms with E-state index in [2.05, 4.69) is 18.2 Å². The number of carbonyl (C=O) groups is 1. The van der Waals surface area contributed by atoms with Gasteiger partial charge in [-0.15, -0.1) is 0 Å². The molecule has 5 heteroatoms. The molecule has 0 unspecified atom stereocenters. The molecular weight excluding hydrogens is 416 g/mol. The zero-order valence-corrected chi connectivity index (χ0v) is 18.9. The lowest BCUT2D eigenvalue weighted by Crippen LogP contribution is -2.04. The maximum atomic E-state index is 12.2. The average Bonchev–Trinajstić information content (AvgIpc) is 2.84. The summed E-state index contributed by atoms with van der Waals surface area (Å²) in [7, 11) is 3.24. The highest BCUT2D eigenvalue weighted by atomic mass is 16.5. The van der Waals surface area contributed by atoms with Crippen LogP contribution in [0.15, 0.2) is 72.8 Å². The maximum absolute atomic E-state index is 12.2. The Morgan fingerprint density at radius 2 is 1.58 bits per heavy atom. The fourth-order valence-corrected chi connectivity index (χ4v) is 3.99. The molecule has 0 spiro atoms. The van der Waals surface area contributed by atoms with Gasteiger partial charge in [-0.2, -0.15) is 0 Å². The molecule has 0 saturated heterocycles. The van der Waals surface area contributed by atoms with Crippen LogP contribution in [0.2, 0.25) is 0 Å². The SMILES string of the molecule is CCOC(=O)c1cc(O)c2cc(-c3ccc(OC)c(Cc4ccccc4)c3)cc(OC)c2c1. The van der Waals surface area contributed by atoms with Gasteiger partial charge in [0.2, 0.25) is 0 Å². The Bertz CT molecular complexity index is 1290. The molecule has 0 bridgehead atoms. The quantitative estimate of drug-likeness (QED) is 0.356. The summed E-state index contributed by atoms with van der Waals surface area (Å²) in [5, 5.41) is 11.9. The van der Waals surface area contributed by atoms with Crippen molar-refractivity contribution in [1.82, 2.24) is 0 Å². The van der Waals surface area contributed by atoms with E-state index in [0.29, 0.717) is 16.5 Å². The maximum Gasteiger partial charge on any atom is 0.338 e. The van der Waals surface area contributed by atoms with Crippen molar-refractivity contribution in [1.29, 1.82) is 0 Å². The first-order valence-corrected chi connectivity index (χ1v) is 10.8. The molecule has 0 heterocycles. The minimum absolute atomic E-state index is 0.00581. The van der Waals surface area contributed by atoms with E-state index in [1.54, 1.807) is 27.2 Å². The van der Waals surface area contributed by atoms with Crippen LogP contribution < -0.4 is 9.47 Å². The molecule has 0 amide bonds. The van der Waals surface area contributed by atoms with Crippen molar-refractivity contribution in [3.63, 3.8) is 0 Å². The Kier molecular flexibility index (Phi) is 6.50. The van der Waals surface area contributed by atoms with Crippen LogP contribution >= 0.6 is 0 Å². The molecule has 168 valence electrons. The Labute approximate surface area is 193 Å². The standard InChI is InChI=1S/C28H26O5/c1-4-33-28(30)22-15-24-23(25(29)16-22)14-20(17-27(24)32-3)19-10-11-26(31-2)21(13-19)12-18-8-6-5-7-9-18/h5-11,13-17,29H,4,12H2,1-3H3. The molecule has 5 nitrogen and oxygen atoms in total. The second-order valence-corrected chi connectivity index (χ2v) is 7.68. The molecule has 4 aromatic carbocycles. The monoisotopic (exact) mass is 442 g/mol. The number of hydrogen-bond donors (Lipinski definition) is 1. The molecule has 33 heavy (non-hydrogen) atoms. The fourth-order valence-electron chi connectivity index (χ4n) is 3.99. The fraction of sp³-hybridized carbons (Fsp3) is 0.179. The topological polar surface area (TPSA) is 65.0 Å². The third-order valence-corrected chi connectivity index (χ3v) is 5.59. The van der Waals surface area contributed by atoms with Gasteiger partial charge in [-0.05, 0) is 65.6 Å². The molecule has 0 fully saturated rings. The van der Waals surface area contributed by atoms with Crippen LogP contribution in [0.4, 0.5) is 0 Å². The van der Waals surface area contributed by atoms with Gasteiger partial charge in [0, 0.05) is 17.2 Å². The van der Waals surface area contributed by atoms with Gasteiger partial charge >= 0.3 is 5.97 Å². The summed E-state index contributed by atoms with van der Waals surface area (Å²) >= 11 is 0. The summed E-state index contributed by atoms with van der Waals surface area (Å²) in [6, 6.07) is 23.2. The van der Waals surface area contributed by atoms with Gasteiger partial charge in [-0.1, -0.05) is 36.4 Å². The number of methoxy groups -OCH3 is 2. The van der Waals surface area contributed by atoms with Gasteiger partial charge in [0.25, 0.3) is 0 Å². The van der Waals surface area contributed by atoms with Crippen LogP contribution in [-0.2, 0) is 11.2 Å². The zero-order valence-electron chi connectivity index (χ0n) is 18.9. The molecule has 4 rings (SSSR count). The van der Waals surface area contributed by atoms with E-state index in [-0.39, 0.29) is 17.9 Å². The Morgan fingerprint density at radius 1 is 0.818 bits per heavy atom. The zero-order chi connectivity index (χ0) is 23.4. The lowest BCUT2D eigenvalue weighted by atomic mass is 9.95. The summed E-state index contributed by atoms with van der Waals surface area (Å²) < 4.78 is 16.3. The minimum atomic E-state index is -0.485. The molecule has 0 aliphatic heterocycles. The first kappa shape index (κ1) is 22.2. The molecule has 1 N–H and O–H groups in total. The van der Waals surface area contributed by atoms with E-state index in [1.165, 1.54) is 11.6 Å². The van der Waals surface area contributed by atoms with Gasteiger partial charge in [0.05, 0.1) is 26.4 Å². The van der Waals surface area contributed by atoms with E-state index < -0.39 is 5.97 Å². The second kappa shape index (κ2) is 9.65. The highest BCUT2D eigenvalue weighted by Gasteiger charge is 2.16. The Balaban J connectivity index is 1.81. The van der Waals surface area contributed by atoms with Gasteiger partial charge in [0.1, 0.15) is 17.2 Å². The van der Waals surface area contributed by atoms with E-state index in [0.717, 1.165) is 28.9 Å². The van der Waals surface area contributed by atoms with Crippen molar-refractivity contribution in [2.24, 2.45) is 0 Å². The summed E-state index contributed by atoms with van der Waals surface area (Å²) in [5.74, 6) is 0.886. The van der Waals surface area contributed by atoms with E-state index >= 15 is 0 Å². The largest absolute Gasteiger partial charge is 0.507 e. The van der Waals surface area contributed by atoms with Crippen LogP contribution in [0.25, 0.3) is 21.9 Å². The van der Waals surface area contributed by atoms with Crippen molar-refractivity contribution in [3.8, 4) is 28.4 Å². The first-order chi connectivity index (χ1) is 16.0. The summed E-state index contributed by atoms with van der Waals surface area (Å²) in [5.41, 5.74) is 4.38. The highest BCUT2D eigenvalue weighted by molar-refractivity contribution is 6.02. The molecular formula is C28H26O5. The Morgan fingerprint density at radius 3 is 2.27 bits per heavy atom. The molecule has 0 atom stereocenters. The molecule has 0 aromatic heterocycles. The van der Waals surface area contributed by atoms with Crippen molar-refractivity contribution >= 4 is 16.7 Å². The predicted molar refractivity (Wildman–Crippen MR) is 129 cm³/mol. The summed E-state index contributed by atoms with van der Waals surface area (Å²) in [6.07, 6.45) is 0.733. The third kappa shape index (κ3) is 4.62. The number of carbonyl (C=O) groups excluding carboxylic acids is 1. The second-order valence-electron chi connectivity index (χ2n) is 7.68. The van der Waals surface area contributed by atoms with E-state index in [1.807, 2.05) is 42.5 Å². The van der Waals surface area contributed by atoms with Crippen molar-refractivity contribution in [3.05, 3.63) is 89.5 Å². The number of hydrogen-bond acceptors (Lipinski definition) is 5. The number of benzene rings is 4. The van der Waals surface area contributed by atoms with Gasteiger partial charge < -0.3 is 19.3 Å². The van der Waals surface area contributed by atoms with Gasteiger partial charge in [-0.25, -0.2) is 4.79 Å². The van der Waals surface area contributed by atoms with Crippen molar-refractivity contribution in [2.45, 2.75) is 13.3 Å². The van der Waals surface area contributed by atoms with E-state index in [4.69, 9.17) is 14.2 Å². The van der Waals surface area contributed by atoms with Crippen molar-refractivity contribution < 1.29 is 24.1 Å². The number of ether oxygens (including phenoxy) is 3. The molecule has 0 radical (unpaired) electrons. The molecule has 0 saturated carbocycles. The number of aromatic hydroxyl groups is 1. The minimum Gasteiger partial charge on any atom is -0.507 e. The molecule has 0 aliphatic rings. The third-order valence-electron chi connectivity index (χ3n) is 5.59. The Hall–Kier alpha value is -3.99. The van der Waals surface area contributed by atoms with Crippen LogP contribution in [0.5, 0.6) is 17.2 Å². The van der Waals surface area contributed by atoms with Gasteiger partial charge in [-0.3, -0.25) is 0 Å². The lowest BCUT2D eigenvalue weighted by molar-refractivity contribution is 0.0526. The molecule has 4 aromatic rings. The van der Waals surface area contributed by atoms with Gasteiger partial charge in [0.15, 0.2) is 0 Å². The normalized spacial score (nSPS) is 10.8. The lowest BCUT2D eigenvalue weighted by Gasteiger charge is -2.14. The summed E-state index contributed by atoms with van der Waals surface area (Å²) in [6.45, 7) is 2.00. The van der Waals surface area contributed by atoms with Crippen molar-refractivity contribution in [2.75, 3.05) is 20.8 Å². The summed E-state index contributed by atoms with van der Waals surface area (Å²) in [4.78, 5) is 12.2. The average molecular weight is 443 g/mol. The number of phenolic OH excluding ortho intramolecular Hbond substituents is 1. The van der Waals surface area contributed by atoms with Crippen LogP contribution in [0, 0.1) is 0 Å². The number of rotatable bonds is 7. The first-order valence-electron chi connectivity index (χ1n) is 10.8. The predicted octanol–water partition coefficient (Wildman–Crippen LogP) is 6.00. The number of fused-ring (bicyclic) bond motifs is 1. The van der Waals surface area contributed by atoms with Crippen LogP contribution in [0.3, 0.4) is 0 Å². The molecule has 0 aliphatic carbocycles.